The molecule has 7 nitrogen and oxygen atoms in total. The topological polar surface area (TPSA) is 102 Å². The Kier molecular flexibility index (Phi) is 11.4. The maximum Gasteiger partial charge on any atom is 0.312 e. The molecule has 0 aliphatic carbocycles. The molecule has 2 N–H and O–H groups in total. The summed E-state index contributed by atoms with van der Waals surface area (Å²) in [7, 11) is -3.88. The largest absolute Gasteiger partial charge is 0.464 e. The van der Waals surface area contributed by atoms with Crippen LogP contribution in [0.1, 0.15) is 22.3 Å². The molecule has 0 saturated heterocycles. The Morgan fingerprint density at radius 3 is 1.83 bits per heavy atom. The SMILES string of the molecule is Cc1ccc(S(=O)(=O)N[C@H](COC(=O)[C@@H](Cc2ccccc2)[C@H](O)COCc2ccccc2)Cc2ccccc2)cc1. The number of rotatable bonds is 15. The first kappa shape index (κ1) is 31.1. The summed E-state index contributed by atoms with van der Waals surface area (Å²) in [6.45, 7) is 1.91. The standard InChI is InChI=1S/C34H37NO6S/c1-26-17-19-31(20-18-26)42(38,39)35-30(21-27-11-5-2-6-12-27)24-41-34(37)32(22-28-13-7-3-8-14-28)33(36)25-40-23-29-15-9-4-10-16-29/h2-20,30,32-33,35-36H,21-25H2,1H3/t30-,32-,33+/m0/s1. The number of aliphatic hydroxyl groups is 1. The predicted octanol–water partition coefficient (Wildman–Crippen LogP) is 4.86. The highest BCUT2D eigenvalue weighted by Crippen LogP contribution is 2.18. The third kappa shape index (κ3) is 9.63. The number of esters is 1. The van der Waals surface area contributed by atoms with Gasteiger partial charge < -0.3 is 14.6 Å². The van der Waals surface area contributed by atoms with Crippen molar-refractivity contribution < 1.29 is 27.8 Å². The van der Waals surface area contributed by atoms with E-state index in [9.17, 15) is 18.3 Å². The van der Waals surface area contributed by atoms with Gasteiger partial charge in [0.2, 0.25) is 10.0 Å². The Morgan fingerprint density at radius 2 is 1.26 bits per heavy atom. The molecule has 0 spiro atoms. The van der Waals surface area contributed by atoms with E-state index in [1.54, 1.807) is 24.3 Å². The van der Waals surface area contributed by atoms with Gasteiger partial charge in [-0.1, -0.05) is 109 Å². The van der Waals surface area contributed by atoms with Crippen LogP contribution in [-0.2, 0) is 43.7 Å². The number of aliphatic hydroxyl groups excluding tert-OH is 1. The van der Waals surface area contributed by atoms with E-state index in [1.165, 1.54) is 0 Å². The lowest BCUT2D eigenvalue weighted by Crippen LogP contribution is -2.42. The van der Waals surface area contributed by atoms with Crippen LogP contribution >= 0.6 is 0 Å². The minimum Gasteiger partial charge on any atom is -0.464 e. The molecular weight excluding hydrogens is 550 g/mol. The first-order chi connectivity index (χ1) is 20.3. The molecule has 0 bridgehead atoms. The van der Waals surface area contributed by atoms with Crippen LogP contribution in [0.15, 0.2) is 120 Å². The van der Waals surface area contributed by atoms with E-state index >= 15 is 0 Å². The van der Waals surface area contributed by atoms with Crippen LogP contribution < -0.4 is 4.72 Å². The van der Waals surface area contributed by atoms with E-state index in [1.807, 2.05) is 97.9 Å². The molecule has 0 amide bonds. The van der Waals surface area contributed by atoms with Crippen molar-refractivity contribution in [2.24, 2.45) is 5.92 Å². The van der Waals surface area contributed by atoms with Crippen molar-refractivity contribution in [2.75, 3.05) is 13.2 Å². The fourth-order valence-electron chi connectivity index (χ4n) is 4.56. The molecule has 3 atom stereocenters. The van der Waals surface area contributed by atoms with Gasteiger partial charge in [-0.2, -0.15) is 0 Å². The second kappa shape index (κ2) is 15.4. The summed E-state index contributed by atoms with van der Waals surface area (Å²) in [4.78, 5) is 13.6. The third-order valence-corrected chi connectivity index (χ3v) is 8.41. The number of aryl methyl sites for hydroxylation is 1. The number of carbonyl (C=O) groups is 1. The van der Waals surface area contributed by atoms with Crippen LogP contribution in [0.25, 0.3) is 0 Å². The molecule has 0 unspecified atom stereocenters. The van der Waals surface area contributed by atoms with Crippen molar-refractivity contribution in [3.8, 4) is 0 Å². The van der Waals surface area contributed by atoms with E-state index in [4.69, 9.17) is 9.47 Å². The lowest BCUT2D eigenvalue weighted by Gasteiger charge is -2.24. The Hall–Kier alpha value is -3.82. The second-order valence-electron chi connectivity index (χ2n) is 10.3. The van der Waals surface area contributed by atoms with Gasteiger partial charge in [0.15, 0.2) is 0 Å². The van der Waals surface area contributed by atoms with Gasteiger partial charge >= 0.3 is 5.97 Å². The molecular formula is C34H37NO6S. The van der Waals surface area contributed by atoms with Crippen LogP contribution in [0.3, 0.4) is 0 Å². The number of sulfonamides is 1. The van der Waals surface area contributed by atoms with Crippen LogP contribution in [-0.4, -0.2) is 44.9 Å². The number of hydrogen-bond donors (Lipinski definition) is 2. The van der Waals surface area contributed by atoms with E-state index < -0.39 is 34.1 Å². The Labute approximate surface area is 248 Å². The fraction of sp³-hybridized carbons (Fsp3) is 0.265. The molecule has 4 aromatic carbocycles. The summed E-state index contributed by atoms with van der Waals surface area (Å²) in [5, 5.41) is 11.0. The fourth-order valence-corrected chi connectivity index (χ4v) is 5.78. The van der Waals surface area contributed by atoms with Crippen LogP contribution in [0.5, 0.6) is 0 Å². The maximum absolute atomic E-state index is 13.4. The zero-order chi connectivity index (χ0) is 29.8. The number of carbonyl (C=O) groups excluding carboxylic acids is 1. The van der Waals surface area contributed by atoms with Crippen molar-refractivity contribution in [3.63, 3.8) is 0 Å². The molecule has 0 aliphatic rings. The summed E-state index contributed by atoms with van der Waals surface area (Å²) in [6.07, 6.45) is -0.572. The summed E-state index contributed by atoms with van der Waals surface area (Å²) in [6, 6.07) is 34.2. The molecule has 0 saturated carbocycles. The van der Waals surface area contributed by atoms with E-state index in [-0.39, 0.29) is 24.5 Å². The summed E-state index contributed by atoms with van der Waals surface area (Å²) >= 11 is 0. The summed E-state index contributed by atoms with van der Waals surface area (Å²) in [5.41, 5.74) is 3.65. The van der Waals surface area contributed by atoms with Gasteiger partial charge in [0.25, 0.3) is 0 Å². The number of benzene rings is 4. The number of nitrogens with one attached hydrogen (secondary N) is 1. The first-order valence-electron chi connectivity index (χ1n) is 13.9. The summed E-state index contributed by atoms with van der Waals surface area (Å²) < 4.78 is 40.6. The van der Waals surface area contributed by atoms with Crippen molar-refractivity contribution >= 4 is 16.0 Å². The number of ether oxygens (including phenoxy) is 2. The molecule has 0 aromatic heterocycles. The lowest BCUT2D eigenvalue weighted by molar-refractivity contribution is -0.155. The van der Waals surface area contributed by atoms with E-state index in [2.05, 4.69) is 4.72 Å². The van der Waals surface area contributed by atoms with Gasteiger partial charge in [-0.3, -0.25) is 4.79 Å². The van der Waals surface area contributed by atoms with Crippen LogP contribution in [0, 0.1) is 12.8 Å². The highest BCUT2D eigenvalue weighted by atomic mass is 32.2. The Balaban J connectivity index is 1.46. The first-order valence-corrected chi connectivity index (χ1v) is 15.4. The predicted molar refractivity (Wildman–Crippen MR) is 162 cm³/mol. The third-order valence-electron chi connectivity index (χ3n) is 6.87. The van der Waals surface area contributed by atoms with Crippen LogP contribution in [0.2, 0.25) is 0 Å². The highest BCUT2D eigenvalue weighted by molar-refractivity contribution is 7.89. The van der Waals surface area contributed by atoms with Crippen molar-refractivity contribution in [2.45, 2.75) is 43.4 Å². The van der Waals surface area contributed by atoms with E-state index in [0.29, 0.717) is 13.0 Å². The average Bonchev–Trinajstić information content (AvgIpc) is 3.00. The molecule has 4 rings (SSSR count). The van der Waals surface area contributed by atoms with Crippen molar-refractivity contribution in [1.82, 2.24) is 4.72 Å². The smallest absolute Gasteiger partial charge is 0.312 e. The molecule has 0 heterocycles. The Bertz CT molecular complexity index is 1480. The normalized spacial score (nSPS) is 13.7. The lowest BCUT2D eigenvalue weighted by atomic mass is 9.94. The van der Waals surface area contributed by atoms with Gasteiger partial charge in [0.05, 0.1) is 36.2 Å². The van der Waals surface area contributed by atoms with Crippen molar-refractivity contribution in [1.29, 1.82) is 0 Å². The molecule has 0 aliphatic heterocycles. The van der Waals surface area contributed by atoms with E-state index in [0.717, 1.165) is 22.3 Å². The molecule has 0 fully saturated rings. The monoisotopic (exact) mass is 587 g/mol. The minimum absolute atomic E-state index is 0.0605. The van der Waals surface area contributed by atoms with Gasteiger partial charge in [-0.05, 0) is 48.6 Å². The van der Waals surface area contributed by atoms with Gasteiger partial charge in [0.1, 0.15) is 6.61 Å². The maximum atomic E-state index is 13.4. The minimum atomic E-state index is -3.88. The van der Waals surface area contributed by atoms with Crippen molar-refractivity contribution in [3.05, 3.63) is 138 Å². The zero-order valence-electron chi connectivity index (χ0n) is 23.6. The van der Waals surface area contributed by atoms with Gasteiger partial charge in [-0.15, -0.1) is 0 Å². The number of hydrogen-bond acceptors (Lipinski definition) is 6. The molecule has 8 heteroatoms. The average molecular weight is 588 g/mol. The van der Waals surface area contributed by atoms with Gasteiger partial charge in [-0.25, -0.2) is 13.1 Å². The molecule has 0 radical (unpaired) electrons. The molecule has 220 valence electrons. The Morgan fingerprint density at radius 1 is 0.738 bits per heavy atom. The van der Waals surface area contributed by atoms with Crippen LogP contribution in [0.4, 0.5) is 0 Å². The highest BCUT2D eigenvalue weighted by Gasteiger charge is 2.30. The van der Waals surface area contributed by atoms with Gasteiger partial charge in [0, 0.05) is 0 Å². The summed E-state index contributed by atoms with van der Waals surface area (Å²) in [5.74, 6) is -1.53. The molecule has 4 aromatic rings. The quantitative estimate of drug-likeness (QED) is 0.193. The zero-order valence-corrected chi connectivity index (χ0v) is 24.5. The second-order valence-corrected chi connectivity index (χ2v) is 12.0. The molecule has 42 heavy (non-hydrogen) atoms.